The molecule has 1 aromatic heterocycles. The minimum absolute atomic E-state index is 0.578. The minimum Gasteiger partial charge on any atom is -0.326 e. The Morgan fingerprint density at radius 1 is 1.31 bits per heavy atom. The second-order valence-electron chi connectivity index (χ2n) is 2.88. The van der Waals surface area contributed by atoms with Gasteiger partial charge in [-0.2, -0.15) is 0 Å². The number of rotatable bonds is 2. The third kappa shape index (κ3) is 1.63. The van der Waals surface area contributed by atoms with Gasteiger partial charge in [0.25, 0.3) is 0 Å². The summed E-state index contributed by atoms with van der Waals surface area (Å²) in [6.45, 7) is 0.578. The molecule has 2 N–H and O–H groups in total. The Labute approximate surface area is 77.6 Å². The Morgan fingerprint density at radius 3 is 2.92 bits per heavy atom. The summed E-state index contributed by atoms with van der Waals surface area (Å²) in [6, 6.07) is 12.0. The molecular weight excluding hydrogens is 160 g/mol. The molecule has 0 unspecified atom stereocenters. The Morgan fingerprint density at radius 2 is 2.23 bits per heavy atom. The first kappa shape index (κ1) is 8.08. The molecule has 0 saturated heterocycles. The molecule has 0 amide bonds. The smallest absolute Gasteiger partial charge is 0.0697 e. The fourth-order valence-corrected chi connectivity index (χ4v) is 1.29. The van der Waals surface area contributed by atoms with E-state index in [0.29, 0.717) is 6.54 Å². The van der Waals surface area contributed by atoms with E-state index in [1.807, 2.05) is 41.1 Å². The molecule has 0 fully saturated rings. The van der Waals surface area contributed by atoms with Crippen LogP contribution in [0.1, 0.15) is 5.56 Å². The summed E-state index contributed by atoms with van der Waals surface area (Å²) >= 11 is 0. The molecule has 0 saturated carbocycles. The number of benzene rings is 1. The molecule has 0 bridgehead atoms. The molecule has 0 aliphatic heterocycles. The van der Waals surface area contributed by atoms with E-state index in [1.165, 1.54) is 0 Å². The van der Waals surface area contributed by atoms with Crippen LogP contribution in [0, 0.1) is 6.20 Å². The fourth-order valence-electron chi connectivity index (χ4n) is 1.29. The molecule has 2 heteroatoms. The average Bonchev–Trinajstić information content (AvgIpc) is 2.71. The van der Waals surface area contributed by atoms with Crippen LogP contribution < -0.4 is 5.73 Å². The first-order valence-corrected chi connectivity index (χ1v) is 4.24. The fraction of sp³-hybridized carbons (Fsp3) is 0.0909. The zero-order valence-corrected chi connectivity index (χ0v) is 7.27. The van der Waals surface area contributed by atoms with Crippen molar-refractivity contribution < 1.29 is 0 Å². The van der Waals surface area contributed by atoms with Crippen molar-refractivity contribution in [2.75, 3.05) is 0 Å². The van der Waals surface area contributed by atoms with Crippen molar-refractivity contribution in [1.29, 1.82) is 0 Å². The normalized spacial score (nSPS) is 10.2. The van der Waals surface area contributed by atoms with Gasteiger partial charge >= 0.3 is 0 Å². The van der Waals surface area contributed by atoms with Crippen molar-refractivity contribution in [2.45, 2.75) is 6.54 Å². The van der Waals surface area contributed by atoms with Crippen molar-refractivity contribution >= 4 is 0 Å². The SMILES string of the molecule is NCc1cccc(-n2[c]ccc2)c1. The van der Waals surface area contributed by atoms with Gasteiger partial charge in [0, 0.05) is 18.4 Å². The summed E-state index contributed by atoms with van der Waals surface area (Å²) in [7, 11) is 0. The van der Waals surface area contributed by atoms with E-state index in [1.54, 1.807) is 0 Å². The van der Waals surface area contributed by atoms with Gasteiger partial charge in [-0.1, -0.05) is 12.1 Å². The van der Waals surface area contributed by atoms with Gasteiger partial charge in [-0.05, 0) is 29.8 Å². The number of nitrogens with zero attached hydrogens (tertiary/aromatic N) is 1. The van der Waals surface area contributed by atoms with E-state index in [4.69, 9.17) is 5.73 Å². The summed E-state index contributed by atoms with van der Waals surface area (Å²) in [5.41, 5.74) is 7.80. The van der Waals surface area contributed by atoms with Crippen molar-refractivity contribution in [2.24, 2.45) is 5.73 Å². The van der Waals surface area contributed by atoms with Crippen LogP contribution in [0.5, 0.6) is 0 Å². The molecule has 1 radical (unpaired) electrons. The van der Waals surface area contributed by atoms with Gasteiger partial charge in [0.05, 0.1) is 6.20 Å². The van der Waals surface area contributed by atoms with E-state index >= 15 is 0 Å². The molecule has 1 aromatic carbocycles. The molecule has 0 atom stereocenters. The van der Waals surface area contributed by atoms with Crippen LogP contribution in [-0.2, 0) is 6.54 Å². The highest BCUT2D eigenvalue weighted by molar-refractivity contribution is 5.36. The standard InChI is InChI=1S/C11H11N2/c12-9-10-4-3-5-11(8-10)13-6-1-2-7-13/h1-6,8H,9,12H2. The quantitative estimate of drug-likeness (QED) is 0.733. The highest BCUT2D eigenvalue weighted by atomic mass is 14.9. The van der Waals surface area contributed by atoms with Gasteiger partial charge in [0.15, 0.2) is 0 Å². The molecule has 0 aliphatic rings. The topological polar surface area (TPSA) is 30.9 Å². The Kier molecular flexibility index (Phi) is 2.15. The molecule has 0 aliphatic carbocycles. The lowest BCUT2D eigenvalue weighted by molar-refractivity contribution is 1.03. The van der Waals surface area contributed by atoms with Gasteiger partial charge in [-0.15, -0.1) is 0 Å². The zero-order valence-electron chi connectivity index (χ0n) is 7.27. The second-order valence-corrected chi connectivity index (χ2v) is 2.88. The lowest BCUT2D eigenvalue weighted by Crippen LogP contribution is -1.98. The van der Waals surface area contributed by atoms with Crippen LogP contribution in [-0.4, -0.2) is 4.57 Å². The van der Waals surface area contributed by atoms with Gasteiger partial charge in [0.2, 0.25) is 0 Å². The summed E-state index contributed by atoms with van der Waals surface area (Å²) < 4.78 is 1.94. The maximum absolute atomic E-state index is 5.55. The second kappa shape index (κ2) is 3.46. The molecule has 2 nitrogen and oxygen atoms in total. The maximum Gasteiger partial charge on any atom is 0.0697 e. The largest absolute Gasteiger partial charge is 0.326 e. The van der Waals surface area contributed by atoms with Gasteiger partial charge in [-0.3, -0.25) is 0 Å². The lowest BCUT2D eigenvalue weighted by Gasteiger charge is -2.03. The van der Waals surface area contributed by atoms with Crippen molar-refractivity contribution in [3.63, 3.8) is 0 Å². The lowest BCUT2D eigenvalue weighted by atomic mass is 10.2. The van der Waals surface area contributed by atoms with Gasteiger partial charge < -0.3 is 10.3 Å². The van der Waals surface area contributed by atoms with E-state index in [-0.39, 0.29) is 0 Å². The van der Waals surface area contributed by atoms with E-state index in [2.05, 4.69) is 12.3 Å². The average molecular weight is 171 g/mol. The molecule has 65 valence electrons. The highest BCUT2D eigenvalue weighted by Gasteiger charge is 1.95. The number of hydrogen-bond acceptors (Lipinski definition) is 1. The van der Waals surface area contributed by atoms with Crippen LogP contribution in [0.15, 0.2) is 42.6 Å². The minimum atomic E-state index is 0.578. The zero-order chi connectivity index (χ0) is 9.10. The molecule has 1 heterocycles. The number of nitrogens with two attached hydrogens (primary N) is 1. The summed E-state index contributed by atoms with van der Waals surface area (Å²) in [4.78, 5) is 0. The molecule has 2 rings (SSSR count). The van der Waals surface area contributed by atoms with Crippen LogP contribution in [0.2, 0.25) is 0 Å². The third-order valence-corrected chi connectivity index (χ3v) is 1.97. The predicted octanol–water partition coefficient (Wildman–Crippen LogP) is 1.74. The number of hydrogen-bond donors (Lipinski definition) is 1. The van der Waals surface area contributed by atoms with Crippen LogP contribution in [0.4, 0.5) is 0 Å². The predicted molar refractivity (Wildman–Crippen MR) is 52.5 cm³/mol. The van der Waals surface area contributed by atoms with Gasteiger partial charge in [0.1, 0.15) is 0 Å². The Balaban J connectivity index is 2.41. The molecular formula is C11H11N2. The highest BCUT2D eigenvalue weighted by Crippen LogP contribution is 2.09. The van der Waals surface area contributed by atoms with E-state index in [0.717, 1.165) is 11.3 Å². The van der Waals surface area contributed by atoms with E-state index < -0.39 is 0 Å². The van der Waals surface area contributed by atoms with Crippen molar-refractivity contribution in [3.8, 4) is 5.69 Å². The van der Waals surface area contributed by atoms with Crippen LogP contribution in [0.25, 0.3) is 5.69 Å². The first-order valence-electron chi connectivity index (χ1n) is 4.24. The van der Waals surface area contributed by atoms with E-state index in [9.17, 15) is 0 Å². The maximum atomic E-state index is 5.55. The molecule has 13 heavy (non-hydrogen) atoms. The Hall–Kier alpha value is -1.54. The number of aromatic nitrogens is 1. The molecule has 2 aromatic rings. The van der Waals surface area contributed by atoms with Gasteiger partial charge in [-0.25, -0.2) is 0 Å². The van der Waals surface area contributed by atoms with Crippen LogP contribution >= 0.6 is 0 Å². The summed E-state index contributed by atoms with van der Waals surface area (Å²) in [5.74, 6) is 0. The van der Waals surface area contributed by atoms with Crippen molar-refractivity contribution in [3.05, 3.63) is 54.4 Å². The monoisotopic (exact) mass is 171 g/mol. The third-order valence-electron chi connectivity index (χ3n) is 1.97. The van der Waals surface area contributed by atoms with Crippen molar-refractivity contribution in [1.82, 2.24) is 4.57 Å². The Bertz CT molecular complexity index is 377. The van der Waals surface area contributed by atoms with Crippen LogP contribution in [0.3, 0.4) is 0 Å². The molecule has 0 spiro atoms. The first-order chi connectivity index (χ1) is 6.40. The summed E-state index contributed by atoms with van der Waals surface area (Å²) in [5, 5.41) is 0. The summed E-state index contributed by atoms with van der Waals surface area (Å²) in [6.07, 6.45) is 5.05.